The maximum atomic E-state index is 3.64. The molecule has 1 N–H and O–H groups in total. The monoisotopic (exact) mass is 205 g/mol. The van der Waals surface area contributed by atoms with Gasteiger partial charge in [0.2, 0.25) is 0 Å². The van der Waals surface area contributed by atoms with Gasteiger partial charge in [-0.1, -0.05) is 32.9 Å². The van der Waals surface area contributed by atoms with Crippen LogP contribution in [-0.4, -0.2) is 6.04 Å². The van der Waals surface area contributed by atoms with Crippen molar-refractivity contribution in [2.24, 2.45) is 5.92 Å². The second-order valence-corrected chi connectivity index (χ2v) is 4.72. The predicted molar refractivity (Wildman–Crippen MR) is 68.5 cm³/mol. The Morgan fingerprint density at radius 2 is 1.87 bits per heavy atom. The van der Waals surface area contributed by atoms with Crippen LogP contribution in [0.15, 0.2) is 18.2 Å². The summed E-state index contributed by atoms with van der Waals surface area (Å²) < 4.78 is 0. The minimum Gasteiger partial charge on any atom is -0.382 e. The highest BCUT2D eigenvalue weighted by Gasteiger charge is 2.11. The van der Waals surface area contributed by atoms with Crippen LogP contribution in [0.2, 0.25) is 0 Å². The van der Waals surface area contributed by atoms with Crippen molar-refractivity contribution >= 4 is 5.69 Å². The minimum atomic E-state index is 0.575. The molecule has 1 unspecified atom stereocenters. The van der Waals surface area contributed by atoms with Crippen LogP contribution in [0.25, 0.3) is 0 Å². The number of aryl methyl sites for hydroxylation is 2. The summed E-state index contributed by atoms with van der Waals surface area (Å²) in [5.41, 5.74) is 3.94. The molecule has 0 radical (unpaired) electrons. The topological polar surface area (TPSA) is 12.0 Å². The highest BCUT2D eigenvalue weighted by molar-refractivity contribution is 5.53. The lowest BCUT2D eigenvalue weighted by atomic mass is 10.0. The summed E-state index contributed by atoms with van der Waals surface area (Å²) >= 11 is 0. The van der Waals surface area contributed by atoms with Crippen molar-refractivity contribution in [3.05, 3.63) is 29.3 Å². The van der Waals surface area contributed by atoms with Crippen molar-refractivity contribution < 1.29 is 0 Å². The molecule has 0 aliphatic rings. The molecule has 1 heteroatoms. The summed E-state index contributed by atoms with van der Waals surface area (Å²) in [6.45, 7) is 11.1. The molecule has 1 aromatic carbocycles. The number of anilines is 1. The Labute approximate surface area is 93.9 Å². The zero-order valence-corrected chi connectivity index (χ0v) is 10.6. The van der Waals surface area contributed by atoms with E-state index in [1.54, 1.807) is 0 Å². The van der Waals surface area contributed by atoms with Crippen LogP contribution in [0.5, 0.6) is 0 Å². The Balaban J connectivity index is 2.82. The van der Waals surface area contributed by atoms with Crippen LogP contribution in [0.1, 0.15) is 38.3 Å². The van der Waals surface area contributed by atoms with E-state index in [4.69, 9.17) is 0 Å². The van der Waals surface area contributed by atoms with E-state index in [0.717, 1.165) is 0 Å². The van der Waals surface area contributed by atoms with Gasteiger partial charge in [0.1, 0.15) is 0 Å². The summed E-state index contributed by atoms with van der Waals surface area (Å²) in [6, 6.07) is 7.16. The van der Waals surface area contributed by atoms with E-state index in [-0.39, 0.29) is 0 Å². The predicted octanol–water partition coefficient (Wildman–Crippen LogP) is 4.15. The van der Waals surface area contributed by atoms with E-state index in [1.807, 2.05) is 0 Å². The average Bonchev–Trinajstić information content (AvgIpc) is 2.18. The van der Waals surface area contributed by atoms with Gasteiger partial charge in [-0.05, 0) is 43.4 Å². The van der Waals surface area contributed by atoms with E-state index in [2.05, 4.69) is 58.1 Å². The van der Waals surface area contributed by atoms with E-state index in [1.165, 1.54) is 23.2 Å². The Kier molecular flexibility index (Phi) is 4.19. The van der Waals surface area contributed by atoms with E-state index >= 15 is 0 Å². The summed E-state index contributed by atoms with van der Waals surface area (Å²) in [5, 5.41) is 3.64. The first-order valence-electron chi connectivity index (χ1n) is 5.88. The van der Waals surface area contributed by atoms with Crippen molar-refractivity contribution in [1.29, 1.82) is 0 Å². The molecule has 0 aliphatic carbocycles. The van der Waals surface area contributed by atoms with Gasteiger partial charge in [-0.25, -0.2) is 0 Å². The molecule has 0 aliphatic heterocycles. The number of hydrogen-bond donors (Lipinski definition) is 1. The summed E-state index contributed by atoms with van der Waals surface area (Å²) in [6.07, 6.45) is 1.17. The van der Waals surface area contributed by atoms with Crippen molar-refractivity contribution in [1.82, 2.24) is 0 Å². The summed E-state index contributed by atoms with van der Waals surface area (Å²) in [7, 11) is 0. The fourth-order valence-electron chi connectivity index (χ4n) is 1.83. The molecule has 84 valence electrons. The van der Waals surface area contributed by atoms with Gasteiger partial charge >= 0.3 is 0 Å². The lowest BCUT2D eigenvalue weighted by Gasteiger charge is -2.23. The van der Waals surface area contributed by atoms with E-state index in [9.17, 15) is 0 Å². The first-order valence-corrected chi connectivity index (χ1v) is 5.88. The van der Waals surface area contributed by atoms with Gasteiger partial charge in [0, 0.05) is 11.7 Å². The molecule has 0 saturated heterocycles. The second-order valence-electron chi connectivity index (χ2n) is 4.72. The fourth-order valence-corrected chi connectivity index (χ4v) is 1.83. The van der Waals surface area contributed by atoms with E-state index in [0.29, 0.717) is 12.0 Å². The van der Waals surface area contributed by atoms with Gasteiger partial charge in [-0.15, -0.1) is 0 Å². The van der Waals surface area contributed by atoms with Crippen LogP contribution in [0.4, 0.5) is 5.69 Å². The number of hydrogen-bond acceptors (Lipinski definition) is 1. The van der Waals surface area contributed by atoms with Gasteiger partial charge in [0.25, 0.3) is 0 Å². The largest absolute Gasteiger partial charge is 0.382 e. The molecular weight excluding hydrogens is 182 g/mol. The third-order valence-electron chi connectivity index (χ3n) is 2.98. The Bertz CT molecular complexity index is 315. The third kappa shape index (κ3) is 3.26. The second kappa shape index (κ2) is 5.20. The van der Waals surface area contributed by atoms with Crippen molar-refractivity contribution in [2.45, 2.75) is 47.1 Å². The van der Waals surface area contributed by atoms with Crippen LogP contribution in [0, 0.1) is 19.8 Å². The van der Waals surface area contributed by atoms with Gasteiger partial charge in [-0.2, -0.15) is 0 Å². The molecule has 1 nitrogen and oxygen atoms in total. The number of nitrogens with one attached hydrogen (secondary N) is 1. The number of rotatable bonds is 4. The van der Waals surface area contributed by atoms with Crippen LogP contribution < -0.4 is 5.32 Å². The molecule has 0 heterocycles. The smallest absolute Gasteiger partial charge is 0.0374 e. The fraction of sp³-hybridized carbons (Fsp3) is 0.571. The highest BCUT2D eigenvalue weighted by Crippen LogP contribution is 2.20. The van der Waals surface area contributed by atoms with Crippen LogP contribution in [-0.2, 0) is 0 Å². The first-order chi connectivity index (χ1) is 7.04. The Hall–Kier alpha value is -0.980. The van der Waals surface area contributed by atoms with Crippen molar-refractivity contribution in [2.75, 3.05) is 5.32 Å². The first kappa shape index (κ1) is 12.1. The lowest BCUT2D eigenvalue weighted by Crippen LogP contribution is -2.25. The third-order valence-corrected chi connectivity index (χ3v) is 2.98. The molecule has 0 bridgehead atoms. The summed E-state index contributed by atoms with van der Waals surface area (Å²) in [5.74, 6) is 0.676. The SMILES string of the molecule is CCC(Nc1cc(C)ccc1C)C(C)C. The van der Waals surface area contributed by atoms with Gasteiger partial charge in [0.05, 0.1) is 0 Å². The Morgan fingerprint density at radius 1 is 1.20 bits per heavy atom. The lowest BCUT2D eigenvalue weighted by molar-refractivity contribution is 0.511. The molecule has 1 aromatic rings. The maximum absolute atomic E-state index is 3.64. The zero-order valence-electron chi connectivity index (χ0n) is 10.6. The standard InChI is InChI=1S/C14H23N/c1-6-13(10(2)3)15-14-9-11(4)7-8-12(14)5/h7-10,13,15H,6H2,1-5H3. The molecule has 0 spiro atoms. The molecule has 0 saturated carbocycles. The van der Waals surface area contributed by atoms with Gasteiger partial charge < -0.3 is 5.32 Å². The molecule has 0 aromatic heterocycles. The number of benzene rings is 1. The quantitative estimate of drug-likeness (QED) is 0.778. The highest BCUT2D eigenvalue weighted by atomic mass is 14.9. The van der Waals surface area contributed by atoms with Crippen molar-refractivity contribution in [3.63, 3.8) is 0 Å². The average molecular weight is 205 g/mol. The maximum Gasteiger partial charge on any atom is 0.0374 e. The van der Waals surface area contributed by atoms with Crippen LogP contribution >= 0.6 is 0 Å². The van der Waals surface area contributed by atoms with E-state index < -0.39 is 0 Å². The molecule has 0 fully saturated rings. The van der Waals surface area contributed by atoms with Crippen molar-refractivity contribution in [3.8, 4) is 0 Å². The van der Waals surface area contributed by atoms with Crippen LogP contribution in [0.3, 0.4) is 0 Å². The molecule has 1 rings (SSSR count). The molecule has 0 amide bonds. The van der Waals surface area contributed by atoms with Gasteiger partial charge in [0.15, 0.2) is 0 Å². The summed E-state index contributed by atoms with van der Waals surface area (Å²) in [4.78, 5) is 0. The van der Waals surface area contributed by atoms with Gasteiger partial charge in [-0.3, -0.25) is 0 Å². The molecule has 15 heavy (non-hydrogen) atoms. The molecule has 1 atom stereocenters. The molecular formula is C14H23N. The Morgan fingerprint density at radius 3 is 2.40 bits per heavy atom. The normalized spacial score (nSPS) is 12.9. The minimum absolute atomic E-state index is 0.575. The zero-order chi connectivity index (χ0) is 11.4.